The summed E-state index contributed by atoms with van der Waals surface area (Å²) < 4.78 is 18.6. The van der Waals surface area contributed by atoms with E-state index in [4.69, 9.17) is 10.00 Å². The number of ether oxygens (including phenoxy) is 1. The minimum absolute atomic E-state index is 0.0802. The highest BCUT2D eigenvalue weighted by molar-refractivity contribution is 5.80. The zero-order valence-electron chi connectivity index (χ0n) is 10.4. The van der Waals surface area contributed by atoms with Gasteiger partial charge >= 0.3 is 0 Å². The Kier molecular flexibility index (Phi) is 5.12. The van der Waals surface area contributed by atoms with Crippen molar-refractivity contribution in [1.82, 2.24) is 5.32 Å². The Hall–Kier alpha value is -2.09. The van der Waals surface area contributed by atoms with E-state index in [9.17, 15) is 9.18 Å². The van der Waals surface area contributed by atoms with E-state index in [0.717, 1.165) is 6.42 Å². The summed E-state index contributed by atoms with van der Waals surface area (Å²) in [6, 6.07) is 5.79. The van der Waals surface area contributed by atoms with Crippen molar-refractivity contribution >= 4 is 5.91 Å². The van der Waals surface area contributed by atoms with Gasteiger partial charge in [0.05, 0.1) is 0 Å². The Labute approximate surface area is 105 Å². The second kappa shape index (κ2) is 6.60. The lowest BCUT2D eigenvalue weighted by Gasteiger charge is -2.15. The second-order valence-corrected chi connectivity index (χ2v) is 3.78. The molecule has 0 aliphatic rings. The number of rotatable bonds is 5. The van der Waals surface area contributed by atoms with Crippen LogP contribution in [0.25, 0.3) is 0 Å². The molecule has 0 heterocycles. The molecule has 18 heavy (non-hydrogen) atoms. The Morgan fingerprint density at radius 2 is 2.33 bits per heavy atom. The van der Waals surface area contributed by atoms with Crippen molar-refractivity contribution in [3.05, 3.63) is 29.6 Å². The van der Waals surface area contributed by atoms with E-state index in [1.807, 2.05) is 6.92 Å². The first-order valence-corrected chi connectivity index (χ1v) is 5.73. The first-order chi connectivity index (χ1) is 8.60. The summed E-state index contributed by atoms with van der Waals surface area (Å²) in [5.74, 6) is -0.863. The molecule has 0 aliphatic carbocycles. The van der Waals surface area contributed by atoms with Crippen LogP contribution in [-0.2, 0) is 4.79 Å². The van der Waals surface area contributed by atoms with Crippen molar-refractivity contribution in [3.8, 4) is 11.8 Å². The van der Waals surface area contributed by atoms with Gasteiger partial charge in [0.1, 0.15) is 23.2 Å². The summed E-state index contributed by atoms with van der Waals surface area (Å²) in [4.78, 5) is 11.6. The summed E-state index contributed by atoms with van der Waals surface area (Å²) in [7, 11) is 0. The number of hydrogen-bond acceptors (Lipinski definition) is 3. The van der Waals surface area contributed by atoms with Crippen LogP contribution in [0.15, 0.2) is 18.2 Å². The molecule has 0 aliphatic heterocycles. The lowest BCUT2D eigenvalue weighted by atomic mass is 10.2. The number of benzene rings is 1. The zero-order chi connectivity index (χ0) is 13.5. The molecule has 0 saturated carbocycles. The molecule has 0 bridgehead atoms. The van der Waals surface area contributed by atoms with E-state index < -0.39 is 11.9 Å². The van der Waals surface area contributed by atoms with Gasteiger partial charge in [0.15, 0.2) is 6.10 Å². The fourth-order valence-electron chi connectivity index (χ4n) is 1.35. The van der Waals surface area contributed by atoms with Crippen molar-refractivity contribution in [1.29, 1.82) is 5.26 Å². The third-order valence-electron chi connectivity index (χ3n) is 2.31. The lowest BCUT2D eigenvalue weighted by Crippen LogP contribution is -2.36. The highest BCUT2D eigenvalue weighted by Gasteiger charge is 2.17. The van der Waals surface area contributed by atoms with Gasteiger partial charge in [0.25, 0.3) is 5.91 Å². The maximum absolute atomic E-state index is 13.3. The Morgan fingerprint density at radius 3 is 2.94 bits per heavy atom. The number of halogens is 1. The van der Waals surface area contributed by atoms with Gasteiger partial charge in [-0.3, -0.25) is 4.79 Å². The molecule has 4 nitrogen and oxygen atoms in total. The zero-order valence-corrected chi connectivity index (χ0v) is 10.4. The number of nitriles is 1. The number of carbonyl (C=O) groups excluding carboxylic acids is 1. The third kappa shape index (κ3) is 3.45. The van der Waals surface area contributed by atoms with Crippen molar-refractivity contribution < 1.29 is 13.9 Å². The van der Waals surface area contributed by atoms with Gasteiger partial charge in [0.2, 0.25) is 0 Å². The van der Waals surface area contributed by atoms with E-state index in [0.29, 0.717) is 6.54 Å². The smallest absolute Gasteiger partial charge is 0.260 e. The minimum Gasteiger partial charge on any atom is -0.479 e. The number of nitrogens with zero attached hydrogens (tertiary/aromatic N) is 1. The highest BCUT2D eigenvalue weighted by atomic mass is 19.1. The van der Waals surface area contributed by atoms with Gasteiger partial charge in [-0.15, -0.1) is 0 Å². The van der Waals surface area contributed by atoms with E-state index in [2.05, 4.69) is 5.32 Å². The Morgan fingerprint density at radius 1 is 1.61 bits per heavy atom. The molecule has 96 valence electrons. The minimum atomic E-state index is -0.773. The number of hydrogen-bond donors (Lipinski definition) is 1. The molecular weight excluding hydrogens is 235 g/mol. The number of amides is 1. The largest absolute Gasteiger partial charge is 0.479 e. The molecule has 0 fully saturated rings. The van der Waals surface area contributed by atoms with Crippen LogP contribution in [0.3, 0.4) is 0 Å². The van der Waals surface area contributed by atoms with E-state index >= 15 is 0 Å². The van der Waals surface area contributed by atoms with Crippen LogP contribution < -0.4 is 10.1 Å². The van der Waals surface area contributed by atoms with Gasteiger partial charge in [0, 0.05) is 6.54 Å². The SMILES string of the molecule is CCCNC(=O)C(C)Oc1cccc(F)c1C#N. The molecule has 0 spiro atoms. The quantitative estimate of drug-likeness (QED) is 0.869. The predicted octanol–water partition coefficient (Wildman–Crippen LogP) is 1.99. The molecule has 1 N–H and O–H groups in total. The predicted molar refractivity (Wildman–Crippen MR) is 64.5 cm³/mol. The average Bonchev–Trinajstić information content (AvgIpc) is 2.36. The first kappa shape index (κ1) is 14.0. The average molecular weight is 250 g/mol. The summed E-state index contributed by atoms with van der Waals surface area (Å²) in [5, 5.41) is 11.5. The number of carbonyl (C=O) groups is 1. The summed E-state index contributed by atoms with van der Waals surface area (Å²) in [6.45, 7) is 4.05. The molecule has 1 amide bonds. The molecule has 1 unspecified atom stereocenters. The van der Waals surface area contributed by atoms with Gasteiger partial charge in [-0.1, -0.05) is 13.0 Å². The first-order valence-electron chi connectivity index (χ1n) is 5.73. The molecule has 1 aromatic rings. The van der Waals surface area contributed by atoms with Gasteiger partial charge in [-0.2, -0.15) is 5.26 Å². The van der Waals surface area contributed by atoms with Crippen molar-refractivity contribution in [3.63, 3.8) is 0 Å². The Bertz CT molecular complexity index is 469. The topological polar surface area (TPSA) is 62.1 Å². The lowest BCUT2D eigenvalue weighted by molar-refractivity contribution is -0.127. The normalized spacial score (nSPS) is 11.4. The molecule has 1 aromatic carbocycles. The maximum atomic E-state index is 13.3. The molecule has 0 radical (unpaired) electrons. The van der Waals surface area contributed by atoms with E-state index in [-0.39, 0.29) is 17.2 Å². The van der Waals surface area contributed by atoms with Gasteiger partial charge in [-0.05, 0) is 25.5 Å². The fourth-order valence-corrected chi connectivity index (χ4v) is 1.35. The van der Waals surface area contributed by atoms with Gasteiger partial charge < -0.3 is 10.1 Å². The summed E-state index contributed by atoms with van der Waals surface area (Å²) in [6.07, 6.45) is 0.0486. The molecule has 1 rings (SSSR count). The fraction of sp³-hybridized carbons (Fsp3) is 0.385. The van der Waals surface area contributed by atoms with E-state index in [1.54, 1.807) is 13.0 Å². The standard InChI is InChI=1S/C13H15FN2O2/c1-3-7-16-13(17)9(2)18-12-6-4-5-11(14)10(12)8-15/h4-6,9H,3,7H2,1-2H3,(H,16,17). The Balaban J connectivity index is 2.76. The van der Waals surface area contributed by atoms with Crippen LogP contribution >= 0.6 is 0 Å². The maximum Gasteiger partial charge on any atom is 0.260 e. The van der Waals surface area contributed by atoms with Gasteiger partial charge in [-0.25, -0.2) is 4.39 Å². The highest BCUT2D eigenvalue weighted by Crippen LogP contribution is 2.21. The molecule has 0 aromatic heterocycles. The van der Waals surface area contributed by atoms with E-state index in [1.165, 1.54) is 18.2 Å². The van der Waals surface area contributed by atoms with Crippen LogP contribution in [0.4, 0.5) is 4.39 Å². The molecule has 5 heteroatoms. The summed E-state index contributed by atoms with van der Waals surface area (Å²) in [5.41, 5.74) is -0.187. The van der Waals surface area contributed by atoms with Crippen molar-refractivity contribution in [2.75, 3.05) is 6.54 Å². The number of nitrogens with one attached hydrogen (secondary N) is 1. The molecule has 1 atom stereocenters. The summed E-state index contributed by atoms with van der Waals surface area (Å²) >= 11 is 0. The second-order valence-electron chi connectivity index (χ2n) is 3.78. The molecule has 0 saturated heterocycles. The third-order valence-corrected chi connectivity index (χ3v) is 2.31. The molecular formula is C13H15FN2O2. The van der Waals surface area contributed by atoms with Crippen LogP contribution in [0.5, 0.6) is 5.75 Å². The monoisotopic (exact) mass is 250 g/mol. The van der Waals surface area contributed by atoms with Crippen LogP contribution in [0.2, 0.25) is 0 Å². The van der Waals surface area contributed by atoms with Crippen LogP contribution in [0.1, 0.15) is 25.8 Å². The van der Waals surface area contributed by atoms with Crippen LogP contribution in [-0.4, -0.2) is 18.6 Å². The van der Waals surface area contributed by atoms with Crippen molar-refractivity contribution in [2.45, 2.75) is 26.4 Å². The van der Waals surface area contributed by atoms with Crippen molar-refractivity contribution in [2.24, 2.45) is 0 Å². The van der Waals surface area contributed by atoms with Crippen LogP contribution in [0, 0.1) is 17.1 Å².